The van der Waals surface area contributed by atoms with Gasteiger partial charge in [-0.2, -0.15) is 0 Å². The van der Waals surface area contributed by atoms with Gasteiger partial charge in [0.1, 0.15) is 11.5 Å². The van der Waals surface area contributed by atoms with Gasteiger partial charge in [-0.15, -0.1) is 12.4 Å². The molecular weight excluding hydrogens is 258 g/mol. The Labute approximate surface area is 113 Å². The van der Waals surface area contributed by atoms with Crippen LogP contribution in [0.15, 0.2) is 18.2 Å². The number of hydrogen-bond acceptors (Lipinski definition) is 5. The molecule has 0 aliphatic carbocycles. The van der Waals surface area contributed by atoms with Crippen molar-refractivity contribution in [3.63, 3.8) is 0 Å². The van der Waals surface area contributed by atoms with E-state index in [9.17, 15) is 4.79 Å². The molecule has 5 nitrogen and oxygen atoms in total. The second kappa shape index (κ2) is 7.79. The van der Waals surface area contributed by atoms with Crippen LogP contribution >= 0.6 is 12.4 Å². The maximum absolute atomic E-state index is 11.2. The van der Waals surface area contributed by atoms with Gasteiger partial charge in [-0.3, -0.25) is 4.79 Å². The van der Waals surface area contributed by atoms with Crippen LogP contribution in [0, 0.1) is 0 Å². The highest BCUT2D eigenvalue weighted by atomic mass is 35.5. The van der Waals surface area contributed by atoms with Gasteiger partial charge in [0.2, 0.25) is 0 Å². The predicted molar refractivity (Wildman–Crippen MR) is 70.4 cm³/mol. The molecule has 2 N–H and O–H groups in total. The van der Waals surface area contributed by atoms with Crippen LogP contribution in [0.25, 0.3) is 0 Å². The third-order valence-electron chi connectivity index (χ3n) is 2.45. The summed E-state index contributed by atoms with van der Waals surface area (Å²) in [5, 5.41) is 0. The largest absolute Gasteiger partial charge is 0.497 e. The number of esters is 1. The summed E-state index contributed by atoms with van der Waals surface area (Å²) >= 11 is 0. The van der Waals surface area contributed by atoms with E-state index < -0.39 is 6.04 Å². The number of halogens is 1. The predicted octanol–water partition coefficient (Wildman–Crippen LogP) is 1.69. The SMILES string of the molecule is COC(=O)C[C@@H](N)c1ccc(OC)cc1OC.Cl. The van der Waals surface area contributed by atoms with Gasteiger partial charge in [0.15, 0.2) is 0 Å². The number of benzene rings is 1. The Morgan fingerprint density at radius 3 is 2.44 bits per heavy atom. The highest BCUT2D eigenvalue weighted by Gasteiger charge is 2.16. The molecule has 0 fully saturated rings. The summed E-state index contributed by atoms with van der Waals surface area (Å²) in [5.74, 6) is 0.923. The molecule has 0 saturated carbocycles. The lowest BCUT2D eigenvalue weighted by Gasteiger charge is -2.15. The Balaban J connectivity index is 0.00000289. The van der Waals surface area contributed by atoms with E-state index >= 15 is 0 Å². The lowest BCUT2D eigenvalue weighted by atomic mass is 10.0. The van der Waals surface area contributed by atoms with Crippen LogP contribution in [-0.4, -0.2) is 27.3 Å². The summed E-state index contributed by atoms with van der Waals surface area (Å²) in [6, 6.07) is 4.83. The van der Waals surface area contributed by atoms with Crippen molar-refractivity contribution in [2.45, 2.75) is 12.5 Å². The van der Waals surface area contributed by atoms with E-state index in [1.54, 1.807) is 32.4 Å². The first kappa shape index (κ1) is 16.5. The van der Waals surface area contributed by atoms with E-state index in [2.05, 4.69) is 4.74 Å². The van der Waals surface area contributed by atoms with Crippen molar-refractivity contribution in [2.75, 3.05) is 21.3 Å². The third kappa shape index (κ3) is 4.09. The van der Waals surface area contributed by atoms with Crippen molar-refractivity contribution in [3.8, 4) is 11.5 Å². The van der Waals surface area contributed by atoms with Gasteiger partial charge < -0.3 is 19.9 Å². The zero-order valence-corrected chi connectivity index (χ0v) is 11.5. The molecule has 6 heteroatoms. The third-order valence-corrected chi connectivity index (χ3v) is 2.45. The minimum absolute atomic E-state index is 0. The first-order valence-corrected chi connectivity index (χ1v) is 5.16. The first-order chi connectivity index (χ1) is 8.12. The zero-order chi connectivity index (χ0) is 12.8. The molecule has 0 heterocycles. The Bertz CT molecular complexity index is 398. The zero-order valence-electron chi connectivity index (χ0n) is 10.6. The van der Waals surface area contributed by atoms with E-state index in [1.165, 1.54) is 7.11 Å². The summed E-state index contributed by atoms with van der Waals surface area (Å²) in [7, 11) is 4.45. The van der Waals surface area contributed by atoms with E-state index in [1.807, 2.05) is 0 Å². The van der Waals surface area contributed by atoms with Crippen molar-refractivity contribution in [1.82, 2.24) is 0 Å². The van der Waals surface area contributed by atoms with E-state index in [4.69, 9.17) is 15.2 Å². The molecule has 102 valence electrons. The van der Waals surface area contributed by atoms with Crippen LogP contribution in [0.3, 0.4) is 0 Å². The molecule has 1 rings (SSSR count). The molecule has 0 spiro atoms. The highest BCUT2D eigenvalue weighted by molar-refractivity contribution is 5.85. The fourth-order valence-corrected chi connectivity index (χ4v) is 1.50. The quantitative estimate of drug-likeness (QED) is 0.828. The second-order valence-electron chi connectivity index (χ2n) is 3.49. The molecule has 0 aliphatic heterocycles. The van der Waals surface area contributed by atoms with Gasteiger partial charge in [-0.1, -0.05) is 6.07 Å². The summed E-state index contributed by atoms with van der Waals surface area (Å²) in [5.41, 5.74) is 6.67. The van der Waals surface area contributed by atoms with Crippen LogP contribution in [0.1, 0.15) is 18.0 Å². The lowest BCUT2D eigenvalue weighted by molar-refractivity contribution is -0.141. The van der Waals surface area contributed by atoms with Crippen LogP contribution in [0.4, 0.5) is 0 Å². The van der Waals surface area contributed by atoms with Crippen molar-refractivity contribution >= 4 is 18.4 Å². The highest BCUT2D eigenvalue weighted by Crippen LogP contribution is 2.29. The fourth-order valence-electron chi connectivity index (χ4n) is 1.50. The summed E-state index contributed by atoms with van der Waals surface area (Å²) in [4.78, 5) is 11.2. The van der Waals surface area contributed by atoms with Gasteiger partial charge in [0.05, 0.1) is 27.8 Å². The number of hydrogen-bond donors (Lipinski definition) is 1. The van der Waals surface area contributed by atoms with Crippen molar-refractivity contribution < 1.29 is 19.0 Å². The summed E-state index contributed by atoms with van der Waals surface area (Å²) in [6.45, 7) is 0. The second-order valence-corrected chi connectivity index (χ2v) is 3.49. The number of carbonyl (C=O) groups is 1. The van der Waals surface area contributed by atoms with Gasteiger partial charge in [0.25, 0.3) is 0 Å². The monoisotopic (exact) mass is 275 g/mol. The smallest absolute Gasteiger partial charge is 0.307 e. The minimum Gasteiger partial charge on any atom is -0.497 e. The Morgan fingerprint density at radius 1 is 1.28 bits per heavy atom. The van der Waals surface area contributed by atoms with Crippen molar-refractivity contribution in [1.29, 1.82) is 0 Å². The van der Waals surface area contributed by atoms with Crippen LogP contribution in [0.2, 0.25) is 0 Å². The minimum atomic E-state index is -0.455. The molecule has 1 aromatic rings. The molecule has 1 atom stereocenters. The molecule has 0 bridgehead atoms. The Kier molecular flexibility index (Phi) is 7.16. The van der Waals surface area contributed by atoms with E-state index in [-0.39, 0.29) is 24.8 Å². The molecule has 0 radical (unpaired) electrons. The molecule has 18 heavy (non-hydrogen) atoms. The maximum Gasteiger partial charge on any atom is 0.307 e. The normalized spacial score (nSPS) is 11.1. The molecule has 1 aromatic carbocycles. The molecule has 0 aromatic heterocycles. The topological polar surface area (TPSA) is 70.8 Å². The molecule has 0 aliphatic rings. The molecule has 0 unspecified atom stereocenters. The number of ether oxygens (including phenoxy) is 3. The maximum atomic E-state index is 11.2. The van der Waals surface area contributed by atoms with Gasteiger partial charge >= 0.3 is 5.97 Å². The Hall–Kier alpha value is -1.46. The van der Waals surface area contributed by atoms with E-state index in [0.29, 0.717) is 11.5 Å². The van der Waals surface area contributed by atoms with Gasteiger partial charge in [-0.05, 0) is 6.07 Å². The number of methoxy groups -OCH3 is 3. The average molecular weight is 276 g/mol. The van der Waals surface area contributed by atoms with Crippen LogP contribution in [0.5, 0.6) is 11.5 Å². The Morgan fingerprint density at radius 2 is 1.94 bits per heavy atom. The molecule has 0 amide bonds. The number of carbonyl (C=O) groups excluding carboxylic acids is 1. The van der Waals surface area contributed by atoms with Gasteiger partial charge in [0, 0.05) is 17.7 Å². The van der Waals surface area contributed by atoms with E-state index in [0.717, 1.165) is 5.56 Å². The molecular formula is C12H18ClNO4. The lowest BCUT2D eigenvalue weighted by Crippen LogP contribution is -2.17. The summed E-state index contributed by atoms with van der Waals surface area (Å²) < 4.78 is 14.9. The van der Waals surface area contributed by atoms with Crippen molar-refractivity contribution in [2.24, 2.45) is 5.73 Å². The number of rotatable bonds is 5. The number of nitrogens with two attached hydrogens (primary N) is 1. The average Bonchev–Trinajstić information content (AvgIpc) is 2.37. The standard InChI is InChI=1S/C12H17NO4.ClH/c1-15-8-4-5-9(11(6-8)16-2)10(13)7-12(14)17-3;/h4-6,10H,7,13H2,1-3H3;1H/t10-;/m1./s1. The van der Waals surface area contributed by atoms with Crippen LogP contribution in [-0.2, 0) is 9.53 Å². The van der Waals surface area contributed by atoms with Crippen molar-refractivity contribution in [3.05, 3.63) is 23.8 Å². The van der Waals surface area contributed by atoms with Gasteiger partial charge in [-0.25, -0.2) is 0 Å². The fraction of sp³-hybridized carbons (Fsp3) is 0.417. The first-order valence-electron chi connectivity index (χ1n) is 5.16. The summed E-state index contributed by atoms with van der Waals surface area (Å²) in [6.07, 6.45) is 0.110. The van der Waals surface area contributed by atoms with Crippen LogP contribution < -0.4 is 15.2 Å². The molecule has 0 saturated heterocycles.